The molecule has 2 heteroatoms. The van der Waals surface area contributed by atoms with Crippen LogP contribution in [0.4, 0.5) is 0 Å². The molecule has 1 heterocycles. The molecule has 76 valence electrons. The Bertz CT molecular complexity index is 154. The Balaban J connectivity index is 1.81. The molecule has 1 saturated carbocycles. The molecular weight excluding hydrogens is 178 g/mol. The van der Waals surface area contributed by atoms with E-state index in [1.165, 1.54) is 58.2 Å². The number of nitrogens with zero attached hydrogens (tertiary/aromatic N) is 1. The molecule has 0 aromatic rings. The first-order valence-electron chi connectivity index (χ1n) is 5.68. The lowest BCUT2D eigenvalue weighted by atomic mass is 9.70. The zero-order chi connectivity index (χ0) is 9.15. The number of piperidine rings is 1. The van der Waals surface area contributed by atoms with Crippen LogP contribution in [0.2, 0.25) is 0 Å². The normalized spacial score (nSPS) is 28.4. The van der Waals surface area contributed by atoms with Crippen LogP contribution in [-0.4, -0.2) is 30.3 Å². The summed E-state index contributed by atoms with van der Waals surface area (Å²) in [6.07, 6.45) is 8.57. The van der Waals surface area contributed by atoms with Crippen LogP contribution >= 0.6 is 12.6 Å². The average molecular weight is 199 g/mol. The minimum atomic E-state index is 0.612. The summed E-state index contributed by atoms with van der Waals surface area (Å²) in [7, 11) is 0. The summed E-state index contributed by atoms with van der Waals surface area (Å²) in [4.78, 5) is 2.67. The third kappa shape index (κ3) is 2.21. The largest absolute Gasteiger partial charge is 0.303 e. The van der Waals surface area contributed by atoms with E-state index in [9.17, 15) is 0 Å². The van der Waals surface area contributed by atoms with Crippen molar-refractivity contribution in [3.63, 3.8) is 0 Å². The second-order valence-corrected chi connectivity index (χ2v) is 5.16. The molecule has 2 fully saturated rings. The van der Waals surface area contributed by atoms with Crippen LogP contribution in [0, 0.1) is 5.41 Å². The van der Waals surface area contributed by atoms with E-state index in [1.54, 1.807) is 0 Å². The lowest BCUT2D eigenvalue weighted by Crippen LogP contribution is -2.45. The lowest BCUT2D eigenvalue weighted by molar-refractivity contribution is 0.0790. The smallest absolute Gasteiger partial charge is 0.00458 e. The minimum absolute atomic E-state index is 0.612. The second kappa shape index (κ2) is 4.22. The summed E-state index contributed by atoms with van der Waals surface area (Å²) >= 11 is 4.51. The fourth-order valence-corrected chi connectivity index (χ4v) is 3.05. The minimum Gasteiger partial charge on any atom is -0.303 e. The van der Waals surface area contributed by atoms with E-state index in [1.807, 2.05) is 0 Å². The molecular formula is C11H21NS. The number of thiol groups is 1. The zero-order valence-electron chi connectivity index (χ0n) is 8.47. The van der Waals surface area contributed by atoms with Gasteiger partial charge in [-0.05, 0) is 49.9 Å². The third-order valence-electron chi connectivity index (χ3n) is 3.76. The summed E-state index contributed by atoms with van der Waals surface area (Å²) in [6, 6.07) is 0. The monoisotopic (exact) mass is 199 g/mol. The van der Waals surface area contributed by atoms with Crippen LogP contribution in [-0.2, 0) is 0 Å². The van der Waals surface area contributed by atoms with Gasteiger partial charge in [-0.15, -0.1) is 0 Å². The topological polar surface area (TPSA) is 3.24 Å². The molecule has 13 heavy (non-hydrogen) atoms. The molecule has 2 aliphatic rings. The summed E-state index contributed by atoms with van der Waals surface area (Å²) in [5, 5.41) is 0. The van der Waals surface area contributed by atoms with Crippen molar-refractivity contribution in [2.45, 2.75) is 38.5 Å². The van der Waals surface area contributed by atoms with Gasteiger partial charge >= 0.3 is 0 Å². The van der Waals surface area contributed by atoms with Gasteiger partial charge in [0.05, 0.1) is 0 Å². The summed E-state index contributed by atoms with van der Waals surface area (Å²) < 4.78 is 0. The third-order valence-corrected chi connectivity index (χ3v) is 4.43. The summed E-state index contributed by atoms with van der Waals surface area (Å²) in [5.41, 5.74) is 0.612. The van der Waals surface area contributed by atoms with E-state index in [0.29, 0.717) is 5.41 Å². The van der Waals surface area contributed by atoms with Crippen molar-refractivity contribution in [3.05, 3.63) is 0 Å². The van der Waals surface area contributed by atoms with E-state index < -0.39 is 0 Å². The van der Waals surface area contributed by atoms with Crippen LogP contribution < -0.4 is 0 Å². The second-order valence-electron chi connectivity index (χ2n) is 4.85. The maximum atomic E-state index is 4.51. The Morgan fingerprint density at radius 3 is 2.15 bits per heavy atom. The number of hydrogen-bond acceptors (Lipinski definition) is 2. The molecule has 1 saturated heterocycles. The quantitative estimate of drug-likeness (QED) is 0.684. The van der Waals surface area contributed by atoms with Gasteiger partial charge in [0.15, 0.2) is 0 Å². The van der Waals surface area contributed by atoms with E-state index in [2.05, 4.69) is 17.5 Å². The van der Waals surface area contributed by atoms with E-state index in [4.69, 9.17) is 0 Å². The number of likely N-dealkylation sites (tertiary alicyclic amines) is 1. The highest BCUT2D eigenvalue weighted by atomic mass is 32.1. The molecule has 0 bridgehead atoms. The standard InChI is InChI=1S/C11H21NS/c13-10-11(5-4-6-11)9-12-7-2-1-3-8-12/h13H,1-10H2. The molecule has 0 N–H and O–H groups in total. The maximum Gasteiger partial charge on any atom is 0.00458 e. The first-order valence-corrected chi connectivity index (χ1v) is 6.31. The molecule has 0 radical (unpaired) electrons. The predicted molar refractivity (Wildman–Crippen MR) is 60.4 cm³/mol. The van der Waals surface area contributed by atoms with Crippen molar-refractivity contribution in [2.24, 2.45) is 5.41 Å². The van der Waals surface area contributed by atoms with Crippen molar-refractivity contribution in [1.29, 1.82) is 0 Å². The molecule has 0 amide bonds. The van der Waals surface area contributed by atoms with Crippen molar-refractivity contribution in [3.8, 4) is 0 Å². The van der Waals surface area contributed by atoms with Gasteiger partial charge in [0.2, 0.25) is 0 Å². The molecule has 1 aliphatic carbocycles. The van der Waals surface area contributed by atoms with Crippen LogP contribution in [0.25, 0.3) is 0 Å². The fourth-order valence-electron chi connectivity index (χ4n) is 2.63. The Hall–Kier alpha value is 0.310. The molecule has 1 nitrogen and oxygen atoms in total. The maximum absolute atomic E-state index is 4.51. The SMILES string of the molecule is SCC1(CN2CCCCC2)CCC1. The first kappa shape index (κ1) is 9.85. The fraction of sp³-hybridized carbons (Fsp3) is 1.00. The van der Waals surface area contributed by atoms with Gasteiger partial charge in [0.1, 0.15) is 0 Å². The highest BCUT2D eigenvalue weighted by Gasteiger charge is 2.37. The van der Waals surface area contributed by atoms with Gasteiger partial charge in [-0.2, -0.15) is 12.6 Å². The number of hydrogen-bond donors (Lipinski definition) is 1. The van der Waals surface area contributed by atoms with E-state index in [0.717, 1.165) is 5.75 Å². The molecule has 0 atom stereocenters. The molecule has 1 aliphatic heterocycles. The van der Waals surface area contributed by atoms with Crippen LogP contribution in [0.5, 0.6) is 0 Å². The van der Waals surface area contributed by atoms with Crippen molar-refractivity contribution in [2.75, 3.05) is 25.4 Å². The highest BCUT2D eigenvalue weighted by molar-refractivity contribution is 7.80. The predicted octanol–water partition coefficient (Wildman–Crippen LogP) is 2.57. The van der Waals surface area contributed by atoms with E-state index >= 15 is 0 Å². The number of rotatable bonds is 3. The van der Waals surface area contributed by atoms with Crippen molar-refractivity contribution >= 4 is 12.6 Å². The summed E-state index contributed by atoms with van der Waals surface area (Å²) in [5.74, 6) is 1.10. The van der Waals surface area contributed by atoms with Crippen LogP contribution in [0.3, 0.4) is 0 Å². The lowest BCUT2D eigenvalue weighted by Gasteiger charge is -2.45. The zero-order valence-corrected chi connectivity index (χ0v) is 9.36. The molecule has 0 unspecified atom stereocenters. The molecule has 2 rings (SSSR count). The Kier molecular flexibility index (Phi) is 3.20. The Morgan fingerprint density at radius 1 is 1.00 bits per heavy atom. The van der Waals surface area contributed by atoms with Crippen molar-refractivity contribution < 1.29 is 0 Å². The van der Waals surface area contributed by atoms with Crippen LogP contribution in [0.1, 0.15) is 38.5 Å². The van der Waals surface area contributed by atoms with Crippen LogP contribution in [0.15, 0.2) is 0 Å². The van der Waals surface area contributed by atoms with Gasteiger partial charge in [-0.25, -0.2) is 0 Å². The summed E-state index contributed by atoms with van der Waals surface area (Å²) in [6.45, 7) is 4.02. The average Bonchev–Trinajstić information content (AvgIpc) is 2.13. The van der Waals surface area contributed by atoms with Gasteiger partial charge in [0, 0.05) is 6.54 Å². The Labute approximate surface area is 87.3 Å². The highest BCUT2D eigenvalue weighted by Crippen LogP contribution is 2.42. The molecule has 0 aromatic heterocycles. The van der Waals surface area contributed by atoms with Gasteiger partial charge in [0.25, 0.3) is 0 Å². The van der Waals surface area contributed by atoms with Gasteiger partial charge in [-0.1, -0.05) is 12.8 Å². The van der Waals surface area contributed by atoms with E-state index in [-0.39, 0.29) is 0 Å². The van der Waals surface area contributed by atoms with Crippen molar-refractivity contribution in [1.82, 2.24) is 4.90 Å². The van der Waals surface area contributed by atoms with Gasteiger partial charge in [-0.3, -0.25) is 0 Å². The first-order chi connectivity index (χ1) is 6.35. The molecule has 0 aromatic carbocycles. The molecule has 0 spiro atoms. The van der Waals surface area contributed by atoms with Gasteiger partial charge < -0.3 is 4.90 Å². The Morgan fingerprint density at radius 2 is 1.69 bits per heavy atom.